The maximum atomic E-state index is 13.3. The number of aryl methyl sites for hydroxylation is 1. The molecule has 1 aromatic carbocycles. The molecule has 7 heteroatoms. The van der Waals surface area contributed by atoms with Gasteiger partial charge in [-0.25, -0.2) is 4.39 Å². The Balaban J connectivity index is 0.00000196. The Morgan fingerprint density at radius 2 is 2.04 bits per heavy atom. The minimum absolute atomic E-state index is 0. The third-order valence-electron chi connectivity index (χ3n) is 5.22. The molecule has 1 N–H and O–H groups in total. The van der Waals surface area contributed by atoms with E-state index in [-0.39, 0.29) is 36.0 Å². The number of rotatable bonds is 5. The van der Waals surface area contributed by atoms with Crippen molar-refractivity contribution in [1.29, 1.82) is 0 Å². The molecule has 1 aliphatic heterocycles. The molecule has 26 heavy (non-hydrogen) atoms. The van der Waals surface area contributed by atoms with Crippen LogP contribution in [0.25, 0.3) is 0 Å². The Hall–Kier alpha value is -1.92. The van der Waals surface area contributed by atoms with Crippen molar-refractivity contribution < 1.29 is 9.18 Å². The van der Waals surface area contributed by atoms with Crippen LogP contribution in [0.3, 0.4) is 0 Å². The van der Waals surface area contributed by atoms with E-state index in [9.17, 15) is 9.18 Å². The number of aromatic nitrogens is 2. The average molecular weight is 379 g/mol. The molecule has 0 radical (unpaired) electrons. The van der Waals surface area contributed by atoms with E-state index in [2.05, 4.69) is 10.4 Å². The topological polar surface area (TPSA) is 50.2 Å². The first-order valence-corrected chi connectivity index (χ1v) is 8.86. The second kappa shape index (κ2) is 7.76. The van der Waals surface area contributed by atoms with Crippen LogP contribution >= 0.6 is 12.4 Å². The summed E-state index contributed by atoms with van der Waals surface area (Å²) in [5.41, 5.74) is 2.09. The van der Waals surface area contributed by atoms with Crippen LogP contribution < -0.4 is 5.32 Å². The van der Waals surface area contributed by atoms with Crippen molar-refractivity contribution in [3.8, 4) is 0 Å². The van der Waals surface area contributed by atoms with Crippen LogP contribution in [0.15, 0.2) is 36.7 Å². The normalized spacial score (nSPS) is 22.1. The van der Waals surface area contributed by atoms with Gasteiger partial charge in [0, 0.05) is 44.8 Å². The lowest BCUT2D eigenvalue weighted by molar-refractivity contribution is -0.136. The summed E-state index contributed by atoms with van der Waals surface area (Å²) >= 11 is 0. The van der Waals surface area contributed by atoms with E-state index in [1.54, 1.807) is 16.8 Å². The first-order valence-electron chi connectivity index (χ1n) is 8.86. The Kier molecular flexibility index (Phi) is 5.63. The lowest BCUT2D eigenvalue weighted by atomic mass is 9.89. The van der Waals surface area contributed by atoms with Gasteiger partial charge in [0.15, 0.2) is 0 Å². The van der Waals surface area contributed by atoms with Crippen molar-refractivity contribution in [3.63, 3.8) is 0 Å². The molecule has 1 saturated heterocycles. The highest BCUT2D eigenvalue weighted by Crippen LogP contribution is 2.34. The monoisotopic (exact) mass is 378 g/mol. The molecule has 2 aromatic rings. The van der Waals surface area contributed by atoms with Gasteiger partial charge in [0.2, 0.25) is 5.91 Å². The number of hydrogen-bond acceptors (Lipinski definition) is 3. The molecule has 2 heterocycles. The third kappa shape index (κ3) is 3.91. The predicted molar refractivity (Wildman–Crippen MR) is 99.5 cm³/mol. The highest BCUT2D eigenvalue weighted by atomic mass is 35.5. The van der Waals surface area contributed by atoms with Crippen LogP contribution in [0.4, 0.5) is 4.39 Å². The minimum Gasteiger partial charge on any atom is -0.335 e. The van der Waals surface area contributed by atoms with E-state index >= 15 is 0 Å². The lowest BCUT2D eigenvalue weighted by Gasteiger charge is -2.28. The summed E-state index contributed by atoms with van der Waals surface area (Å²) in [6.07, 6.45) is 5.98. The molecule has 2 aliphatic rings. The largest absolute Gasteiger partial charge is 0.335 e. The van der Waals surface area contributed by atoms with Gasteiger partial charge < -0.3 is 10.2 Å². The number of halogens is 2. The van der Waals surface area contributed by atoms with Gasteiger partial charge in [0.25, 0.3) is 0 Å². The SMILES string of the molecule is Cl.Cn1cc([C@H]2CNC[C@@H]2C(=O)N(Cc2ccc(F)cc2)C2CC2)cn1. The van der Waals surface area contributed by atoms with E-state index in [1.165, 1.54) is 12.1 Å². The molecule has 0 unspecified atom stereocenters. The Bertz CT molecular complexity index is 759. The summed E-state index contributed by atoms with van der Waals surface area (Å²) in [7, 11) is 1.90. The molecule has 2 atom stereocenters. The molecule has 1 saturated carbocycles. The van der Waals surface area contributed by atoms with E-state index < -0.39 is 0 Å². The fourth-order valence-corrected chi connectivity index (χ4v) is 3.69. The molecule has 5 nitrogen and oxygen atoms in total. The number of amides is 1. The fraction of sp³-hybridized carbons (Fsp3) is 0.474. The van der Waals surface area contributed by atoms with Crippen molar-refractivity contribution in [2.24, 2.45) is 13.0 Å². The number of carbonyl (C=O) groups excluding carboxylic acids is 1. The van der Waals surface area contributed by atoms with Crippen LogP contribution in [-0.2, 0) is 18.4 Å². The van der Waals surface area contributed by atoms with Gasteiger partial charge in [0.1, 0.15) is 5.82 Å². The molecule has 1 amide bonds. The lowest BCUT2D eigenvalue weighted by Crippen LogP contribution is -2.39. The van der Waals surface area contributed by atoms with Crippen molar-refractivity contribution in [2.75, 3.05) is 13.1 Å². The number of hydrogen-bond donors (Lipinski definition) is 1. The first-order chi connectivity index (χ1) is 12.1. The van der Waals surface area contributed by atoms with Gasteiger partial charge in [0.05, 0.1) is 12.1 Å². The molecular formula is C19H24ClFN4O. The van der Waals surface area contributed by atoms with Crippen molar-refractivity contribution in [3.05, 3.63) is 53.6 Å². The quantitative estimate of drug-likeness (QED) is 0.869. The van der Waals surface area contributed by atoms with Crippen LogP contribution in [0.1, 0.15) is 29.9 Å². The zero-order valence-electron chi connectivity index (χ0n) is 14.8. The predicted octanol–water partition coefficient (Wildman–Crippen LogP) is 2.48. The van der Waals surface area contributed by atoms with Crippen molar-refractivity contribution in [2.45, 2.75) is 31.3 Å². The van der Waals surface area contributed by atoms with Crippen LogP contribution in [0.2, 0.25) is 0 Å². The van der Waals surface area contributed by atoms with Crippen LogP contribution in [-0.4, -0.2) is 39.7 Å². The summed E-state index contributed by atoms with van der Waals surface area (Å²) < 4.78 is 14.9. The first kappa shape index (κ1) is 18.9. The summed E-state index contributed by atoms with van der Waals surface area (Å²) in [4.78, 5) is 15.3. The van der Waals surface area contributed by atoms with Crippen molar-refractivity contribution >= 4 is 18.3 Å². The summed E-state index contributed by atoms with van der Waals surface area (Å²) in [5, 5.41) is 7.61. The molecule has 1 aromatic heterocycles. The second-order valence-corrected chi connectivity index (χ2v) is 7.14. The second-order valence-electron chi connectivity index (χ2n) is 7.14. The van der Waals surface area contributed by atoms with Crippen molar-refractivity contribution in [1.82, 2.24) is 20.0 Å². The Labute approximate surface area is 159 Å². The standard InChI is InChI=1S/C19H23FN4O.ClH/c1-23-12-14(8-22-23)17-9-21-10-18(17)19(25)24(16-6-7-16)11-13-2-4-15(20)5-3-13;/h2-5,8,12,16-18,21H,6-7,9-11H2,1H3;1H/t17-,18+;/m1./s1. The highest BCUT2D eigenvalue weighted by molar-refractivity contribution is 5.85. The van der Waals surface area contributed by atoms with Gasteiger partial charge >= 0.3 is 0 Å². The molecule has 4 rings (SSSR count). The molecule has 1 aliphatic carbocycles. The number of nitrogens with zero attached hydrogens (tertiary/aromatic N) is 3. The van der Waals surface area contributed by atoms with E-state index in [4.69, 9.17) is 0 Å². The average Bonchev–Trinajstić information content (AvgIpc) is 3.16. The van der Waals surface area contributed by atoms with E-state index in [0.29, 0.717) is 19.1 Å². The van der Waals surface area contributed by atoms with E-state index in [0.717, 1.165) is 30.5 Å². The maximum Gasteiger partial charge on any atom is 0.228 e. The summed E-state index contributed by atoms with van der Waals surface area (Å²) in [6.45, 7) is 2.06. The fourth-order valence-electron chi connectivity index (χ4n) is 3.69. The third-order valence-corrected chi connectivity index (χ3v) is 5.22. The zero-order valence-corrected chi connectivity index (χ0v) is 15.6. The zero-order chi connectivity index (χ0) is 17.4. The molecule has 0 spiro atoms. The smallest absolute Gasteiger partial charge is 0.228 e. The number of carbonyl (C=O) groups is 1. The maximum absolute atomic E-state index is 13.3. The molecule has 2 fully saturated rings. The Morgan fingerprint density at radius 3 is 2.65 bits per heavy atom. The number of benzene rings is 1. The van der Waals surface area contributed by atoms with Gasteiger partial charge in [-0.05, 0) is 36.1 Å². The molecule has 0 bridgehead atoms. The van der Waals surface area contributed by atoms with Gasteiger partial charge in [-0.1, -0.05) is 12.1 Å². The van der Waals surface area contributed by atoms with Crippen LogP contribution in [0, 0.1) is 11.7 Å². The summed E-state index contributed by atoms with van der Waals surface area (Å²) in [6, 6.07) is 6.78. The van der Waals surface area contributed by atoms with Crippen LogP contribution in [0.5, 0.6) is 0 Å². The molecule has 140 valence electrons. The Morgan fingerprint density at radius 1 is 1.31 bits per heavy atom. The van der Waals surface area contributed by atoms with Gasteiger partial charge in [-0.2, -0.15) is 5.10 Å². The van der Waals surface area contributed by atoms with E-state index in [1.807, 2.05) is 24.3 Å². The highest BCUT2D eigenvalue weighted by Gasteiger charge is 2.41. The number of nitrogens with one attached hydrogen (secondary N) is 1. The minimum atomic E-state index is -0.246. The summed E-state index contributed by atoms with van der Waals surface area (Å²) in [5.74, 6) is 0.0521. The van der Waals surface area contributed by atoms with Gasteiger partial charge in [-0.3, -0.25) is 9.48 Å². The van der Waals surface area contributed by atoms with Gasteiger partial charge in [-0.15, -0.1) is 12.4 Å². The molecular weight excluding hydrogens is 355 g/mol.